The summed E-state index contributed by atoms with van der Waals surface area (Å²) in [5.74, 6) is -0.602. The highest BCUT2D eigenvalue weighted by Gasteiger charge is 1.96. The van der Waals surface area contributed by atoms with E-state index in [1.54, 1.807) is 7.11 Å². The van der Waals surface area contributed by atoms with Crippen molar-refractivity contribution in [2.75, 3.05) is 33.5 Å². The van der Waals surface area contributed by atoms with Crippen molar-refractivity contribution in [2.24, 2.45) is 0 Å². The molecule has 0 aliphatic carbocycles. The average Bonchev–Trinajstić information content (AvgIpc) is 2.26. The van der Waals surface area contributed by atoms with Crippen molar-refractivity contribution < 1.29 is 24.0 Å². The minimum absolute atomic E-state index is 0.226. The Labute approximate surface area is 89.9 Å². The lowest BCUT2D eigenvalue weighted by Crippen LogP contribution is -2.08. The van der Waals surface area contributed by atoms with Crippen LogP contribution in [0.5, 0.6) is 0 Å². The van der Waals surface area contributed by atoms with Crippen LogP contribution < -0.4 is 0 Å². The van der Waals surface area contributed by atoms with E-state index in [0.717, 1.165) is 25.5 Å². The quantitative estimate of drug-likeness (QED) is 0.238. The molecule has 0 aromatic heterocycles. The number of ether oxygens (including phenoxy) is 2. The van der Waals surface area contributed by atoms with Crippen LogP contribution >= 0.6 is 0 Å². The molecule has 0 unspecified atom stereocenters. The molecule has 0 fully saturated rings. The van der Waals surface area contributed by atoms with E-state index in [1.807, 2.05) is 0 Å². The maximum Gasteiger partial charge on any atom is 0.365 e. The molecule has 88 valence electrons. The largest absolute Gasteiger partial charge is 0.385 e. The van der Waals surface area contributed by atoms with Gasteiger partial charge in [0.1, 0.15) is 6.61 Å². The summed E-state index contributed by atoms with van der Waals surface area (Å²) in [4.78, 5) is 19.3. The Morgan fingerprint density at radius 2 is 1.93 bits per heavy atom. The third-order valence-corrected chi connectivity index (χ3v) is 1.51. The fourth-order valence-electron chi connectivity index (χ4n) is 0.779. The molecule has 0 atom stereocenters. The summed E-state index contributed by atoms with van der Waals surface area (Å²) in [5.41, 5.74) is 0. The third kappa shape index (κ3) is 11.0. The Kier molecular flexibility index (Phi) is 10.5. The monoisotopic (exact) mass is 218 g/mol. The molecule has 0 saturated heterocycles. The first-order valence-corrected chi connectivity index (χ1v) is 4.83. The van der Waals surface area contributed by atoms with Gasteiger partial charge in [-0.2, -0.15) is 4.89 Å². The number of rotatable bonds is 10. The zero-order valence-electron chi connectivity index (χ0n) is 9.07. The molecule has 0 bridgehead atoms. The van der Waals surface area contributed by atoms with Crippen molar-refractivity contribution in [3.8, 4) is 0 Å². The highest BCUT2D eigenvalue weighted by atomic mass is 17.2. The minimum atomic E-state index is -0.602. The molecule has 0 spiro atoms. The van der Waals surface area contributed by atoms with E-state index in [4.69, 9.17) is 9.47 Å². The zero-order chi connectivity index (χ0) is 11.4. The highest BCUT2D eigenvalue weighted by molar-refractivity contribution is 5.80. The van der Waals surface area contributed by atoms with Crippen molar-refractivity contribution in [1.29, 1.82) is 0 Å². The van der Waals surface area contributed by atoms with Gasteiger partial charge in [0.25, 0.3) is 0 Å². The van der Waals surface area contributed by atoms with Gasteiger partial charge in [0.05, 0.1) is 6.61 Å². The maximum atomic E-state index is 10.5. The van der Waals surface area contributed by atoms with Crippen LogP contribution in [-0.2, 0) is 24.0 Å². The third-order valence-electron chi connectivity index (χ3n) is 1.51. The summed E-state index contributed by atoms with van der Waals surface area (Å²) in [6.07, 6.45) is 2.95. The maximum absolute atomic E-state index is 10.5. The zero-order valence-corrected chi connectivity index (χ0v) is 9.07. The predicted octanol–water partition coefficient (Wildman–Crippen LogP) is 1.09. The second-order valence-corrected chi connectivity index (χ2v) is 2.74. The lowest BCUT2D eigenvalue weighted by Gasteiger charge is -2.03. The topological polar surface area (TPSA) is 54.0 Å². The Bertz CT molecular complexity index is 169. The Balaban J connectivity index is 2.98. The fraction of sp³-hybridized carbons (Fsp3) is 0.700. The van der Waals surface area contributed by atoms with Gasteiger partial charge < -0.3 is 9.47 Å². The molecule has 0 N–H and O–H groups in total. The van der Waals surface area contributed by atoms with Crippen LogP contribution in [-0.4, -0.2) is 39.5 Å². The molecule has 0 rings (SSSR count). The van der Waals surface area contributed by atoms with Gasteiger partial charge in [-0.15, -0.1) is 0 Å². The van der Waals surface area contributed by atoms with Crippen LogP contribution in [0.1, 0.15) is 12.8 Å². The summed E-state index contributed by atoms with van der Waals surface area (Å²) >= 11 is 0. The van der Waals surface area contributed by atoms with E-state index >= 15 is 0 Å². The van der Waals surface area contributed by atoms with Gasteiger partial charge in [0.15, 0.2) is 0 Å². The van der Waals surface area contributed by atoms with Crippen LogP contribution in [0.25, 0.3) is 0 Å². The smallest absolute Gasteiger partial charge is 0.365 e. The Morgan fingerprint density at radius 1 is 1.20 bits per heavy atom. The molecule has 0 heterocycles. The van der Waals surface area contributed by atoms with E-state index in [-0.39, 0.29) is 6.61 Å². The van der Waals surface area contributed by atoms with Gasteiger partial charge in [0, 0.05) is 26.4 Å². The molecule has 0 saturated carbocycles. The first kappa shape index (κ1) is 14.1. The number of hydrogen-bond acceptors (Lipinski definition) is 5. The van der Waals surface area contributed by atoms with Gasteiger partial charge in [-0.1, -0.05) is 6.58 Å². The van der Waals surface area contributed by atoms with Crippen molar-refractivity contribution >= 4 is 5.97 Å². The normalized spacial score (nSPS) is 9.93. The molecule has 0 amide bonds. The molecular weight excluding hydrogens is 200 g/mol. The number of hydrogen-bond donors (Lipinski definition) is 0. The second-order valence-electron chi connectivity index (χ2n) is 2.74. The number of carbonyl (C=O) groups is 1. The van der Waals surface area contributed by atoms with Crippen molar-refractivity contribution in [1.82, 2.24) is 0 Å². The molecule has 0 aromatic carbocycles. The van der Waals surface area contributed by atoms with E-state index in [9.17, 15) is 4.79 Å². The molecule has 5 heteroatoms. The molecule has 0 radical (unpaired) electrons. The van der Waals surface area contributed by atoms with Crippen molar-refractivity contribution in [2.45, 2.75) is 12.8 Å². The highest BCUT2D eigenvalue weighted by Crippen LogP contribution is 1.90. The summed E-state index contributed by atoms with van der Waals surface area (Å²) < 4.78 is 10.1. The first-order chi connectivity index (χ1) is 7.31. The van der Waals surface area contributed by atoms with Gasteiger partial charge in [-0.3, -0.25) is 4.89 Å². The average molecular weight is 218 g/mol. The van der Waals surface area contributed by atoms with Gasteiger partial charge >= 0.3 is 5.97 Å². The second kappa shape index (κ2) is 11.2. The number of unbranched alkanes of at least 4 members (excludes halogenated alkanes) is 1. The Morgan fingerprint density at radius 3 is 2.60 bits per heavy atom. The standard InChI is InChI=1S/C10H18O5/c1-3-10(11)15-14-9-8-13-7-5-4-6-12-2/h3H,1,4-9H2,2H3. The molecule has 5 nitrogen and oxygen atoms in total. The van der Waals surface area contributed by atoms with E-state index < -0.39 is 5.97 Å². The van der Waals surface area contributed by atoms with Crippen LogP contribution in [0.15, 0.2) is 12.7 Å². The van der Waals surface area contributed by atoms with Gasteiger partial charge in [-0.05, 0) is 12.8 Å². The molecule has 0 aliphatic rings. The number of methoxy groups -OCH3 is 1. The van der Waals surface area contributed by atoms with Gasteiger partial charge in [0.2, 0.25) is 0 Å². The lowest BCUT2D eigenvalue weighted by molar-refractivity contribution is -0.271. The molecule has 0 aliphatic heterocycles. The van der Waals surface area contributed by atoms with Crippen LogP contribution in [0, 0.1) is 0 Å². The van der Waals surface area contributed by atoms with Crippen molar-refractivity contribution in [3.63, 3.8) is 0 Å². The fourth-order valence-corrected chi connectivity index (χ4v) is 0.779. The molecular formula is C10H18O5. The molecule has 15 heavy (non-hydrogen) atoms. The van der Waals surface area contributed by atoms with Crippen molar-refractivity contribution in [3.05, 3.63) is 12.7 Å². The molecule has 0 aromatic rings. The van der Waals surface area contributed by atoms with Crippen LogP contribution in [0.2, 0.25) is 0 Å². The first-order valence-electron chi connectivity index (χ1n) is 4.83. The summed E-state index contributed by atoms with van der Waals surface area (Å²) in [5, 5.41) is 0. The van der Waals surface area contributed by atoms with E-state index in [1.165, 1.54) is 0 Å². The van der Waals surface area contributed by atoms with E-state index in [2.05, 4.69) is 16.4 Å². The van der Waals surface area contributed by atoms with Crippen LogP contribution in [0.3, 0.4) is 0 Å². The minimum Gasteiger partial charge on any atom is -0.385 e. The SMILES string of the molecule is C=CC(=O)OOCCOCCCCOC. The van der Waals surface area contributed by atoms with E-state index in [0.29, 0.717) is 13.2 Å². The summed E-state index contributed by atoms with van der Waals surface area (Å²) in [7, 11) is 1.67. The van der Waals surface area contributed by atoms with Gasteiger partial charge in [-0.25, -0.2) is 4.79 Å². The summed E-state index contributed by atoms with van der Waals surface area (Å²) in [6, 6.07) is 0. The predicted molar refractivity (Wildman–Crippen MR) is 54.2 cm³/mol. The Hall–Kier alpha value is -0.910. The van der Waals surface area contributed by atoms with Crippen LogP contribution in [0.4, 0.5) is 0 Å². The number of carbonyl (C=O) groups excluding carboxylic acids is 1. The lowest BCUT2D eigenvalue weighted by atomic mass is 10.3. The summed E-state index contributed by atoms with van der Waals surface area (Å²) in [6.45, 7) is 5.25.